The molecule has 0 atom stereocenters. The molecule has 1 aromatic carbocycles. The Morgan fingerprint density at radius 2 is 1.78 bits per heavy atom. The molecule has 1 aliphatic rings. The molecule has 2 heterocycles. The van der Waals surface area contributed by atoms with Crippen molar-refractivity contribution in [3.05, 3.63) is 66.7 Å². The minimum absolute atomic E-state index is 0.406. The van der Waals surface area contributed by atoms with Gasteiger partial charge in [0, 0.05) is 37.3 Å². The van der Waals surface area contributed by atoms with Crippen LogP contribution in [0.15, 0.2) is 61.1 Å². The molecule has 0 spiro atoms. The predicted molar refractivity (Wildman–Crippen MR) is 105 cm³/mol. The molecule has 5 heteroatoms. The van der Waals surface area contributed by atoms with Gasteiger partial charge in [-0.3, -0.25) is 4.98 Å². The fraction of sp³-hybridized carbons (Fsp3) is 0.364. The van der Waals surface area contributed by atoms with Gasteiger partial charge < -0.3 is 14.0 Å². The number of methoxy groups -OCH3 is 1. The highest BCUT2D eigenvalue weighted by molar-refractivity contribution is 5.57. The molecular formula is C22H25N3O2. The Bertz CT molecular complexity index is 838. The number of imidazole rings is 1. The number of ether oxygens (including phenoxy) is 2. The van der Waals surface area contributed by atoms with Crippen LogP contribution >= 0.6 is 0 Å². The fourth-order valence-electron chi connectivity index (χ4n) is 3.73. The summed E-state index contributed by atoms with van der Waals surface area (Å²) >= 11 is 0. The molecule has 140 valence electrons. The van der Waals surface area contributed by atoms with E-state index >= 15 is 0 Å². The van der Waals surface area contributed by atoms with Crippen molar-refractivity contribution in [3.8, 4) is 17.1 Å². The monoisotopic (exact) mass is 363 g/mol. The van der Waals surface area contributed by atoms with E-state index in [4.69, 9.17) is 9.47 Å². The number of rotatable bonds is 6. The lowest BCUT2D eigenvalue weighted by molar-refractivity contribution is 0.0586. The van der Waals surface area contributed by atoms with E-state index in [1.165, 1.54) is 0 Å². The lowest BCUT2D eigenvalue weighted by Gasteiger charge is -2.29. The summed E-state index contributed by atoms with van der Waals surface area (Å²) in [4.78, 5) is 8.88. The van der Waals surface area contributed by atoms with Crippen LogP contribution in [0.25, 0.3) is 11.4 Å². The number of aromatic nitrogens is 3. The average molecular weight is 363 g/mol. The molecular weight excluding hydrogens is 338 g/mol. The second-order valence-electron chi connectivity index (χ2n) is 6.96. The summed E-state index contributed by atoms with van der Waals surface area (Å²) in [5, 5.41) is 0. The molecule has 0 unspecified atom stereocenters. The first-order valence-electron chi connectivity index (χ1n) is 9.52. The maximum absolute atomic E-state index is 5.83. The van der Waals surface area contributed by atoms with Crippen LogP contribution in [0.4, 0.5) is 0 Å². The lowest BCUT2D eigenvalue weighted by Crippen LogP contribution is -2.22. The molecule has 1 fully saturated rings. The first kappa shape index (κ1) is 17.7. The number of hydrogen-bond donors (Lipinski definition) is 0. The molecule has 1 aliphatic carbocycles. The van der Waals surface area contributed by atoms with Gasteiger partial charge in [-0.25, -0.2) is 4.98 Å². The van der Waals surface area contributed by atoms with Crippen molar-refractivity contribution in [1.29, 1.82) is 0 Å². The van der Waals surface area contributed by atoms with Crippen LogP contribution in [0, 0.1) is 0 Å². The second-order valence-corrected chi connectivity index (χ2v) is 6.96. The van der Waals surface area contributed by atoms with Gasteiger partial charge in [-0.1, -0.05) is 6.07 Å². The van der Waals surface area contributed by atoms with Crippen LogP contribution < -0.4 is 4.74 Å². The quantitative estimate of drug-likeness (QED) is 0.639. The molecule has 0 N–H and O–H groups in total. The van der Waals surface area contributed by atoms with E-state index in [9.17, 15) is 0 Å². The van der Waals surface area contributed by atoms with Crippen LogP contribution in [-0.2, 0) is 11.3 Å². The van der Waals surface area contributed by atoms with Crippen molar-refractivity contribution in [3.63, 3.8) is 0 Å². The van der Waals surface area contributed by atoms with E-state index in [1.54, 1.807) is 6.20 Å². The number of pyridine rings is 1. The topological polar surface area (TPSA) is 49.2 Å². The summed E-state index contributed by atoms with van der Waals surface area (Å²) in [6, 6.07) is 14.5. The van der Waals surface area contributed by atoms with Crippen LogP contribution in [-0.4, -0.2) is 27.7 Å². The summed E-state index contributed by atoms with van der Waals surface area (Å²) in [5.74, 6) is 1.86. The molecule has 5 nitrogen and oxygen atoms in total. The summed E-state index contributed by atoms with van der Waals surface area (Å²) in [7, 11) is 1.81. The van der Waals surface area contributed by atoms with Crippen molar-refractivity contribution in [1.82, 2.24) is 14.5 Å². The van der Waals surface area contributed by atoms with E-state index in [-0.39, 0.29) is 0 Å². The molecule has 0 radical (unpaired) electrons. The van der Waals surface area contributed by atoms with Gasteiger partial charge in [0.05, 0.1) is 11.8 Å². The standard InChI is InChI=1S/C22H25N3O2/c1-26-20-11-7-19(8-12-20)25-15-14-24-22(25)17-5-9-21(10-6-17)27-16-18-4-2-3-13-23-18/h2-6,9-10,13-15,19-20H,7-8,11-12,16H2,1H3. The van der Waals surface area contributed by atoms with Crippen molar-refractivity contribution < 1.29 is 9.47 Å². The maximum Gasteiger partial charge on any atom is 0.140 e. The normalized spacial score (nSPS) is 19.7. The summed E-state index contributed by atoms with van der Waals surface area (Å²) in [5.41, 5.74) is 2.03. The third-order valence-electron chi connectivity index (χ3n) is 5.26. The number of nitrogens with zero attached hydrogens (tertiary/aromatic N) is 3. The molecule has 0 aliphatic heterocycles. The number of benzene rings is 1. The first-order valence-corrected chi connectivity index (χ1v) is 9.52. The van der Waals surface area contributed by atoms with E-state index in [0.717, 1.165) is 48.5 Å². The molecule has 27 heavy (non-hydrogen) atoms. The summed E-state index contributed by atoms with van der Waals surface area (Å²) in [6.45, 7) is 0.470. The van der Waals surface area contributed by atoms with E-state index in [2.05, 4.69) is 32.9 Å². The third-order valence-corrected chi connectivity index (χ3v) is 5.26. The Labute approximate surface area is 160 Å². The zero-order valence-electron chi connectivity index (χ0n) is 15.6. The van der Waals surface area contributed by atoms with Gasteiger partial charge in [0.1, 0.15) is 18.2 Å². The molecule has 3 aromatic rings. The Morgan fingerprint density at radius 3 is 2.48 bits per heavy atom. The molecule has 4 rings (SSSR count). The van der Waals surface area contributed by atoms with Gasteiger partial charge in [0.2, 0.25) is 0 Å². The smallest absolute Gasteiger partial charge is 0.140 e. The van der Waals surface area contributed by atoms with Crippen molar-refractivity contribution >= 4 is 0 Å². The first-order chi connectivity index (χ1) is 13.3. The SMILES string of the molecule is COC1CCC(n2ccnc2-c2ccc(OCc3ccccn3)cc2)CC1. The molecule has 2 aromatic heterocycles. The van der Waals surface area contributed by atoms with Gasteiger partial charge in [0.15, 0.2) is 0 Å². The minimum atomic E-state index is 0.406. The Kier molecular flexibility index (Phi) is 5.49. The highest BCUT2D eigenvalue weighted by Gasteiger charge is 2.23. The maximum atomic E-state index is 5.83. The Balaban J connectivity index is 1.43. The molecule has 0 bridgehead atoms. The van der Waals surface area contributed by atoms with Gasteiger partial charge in [0.25, 0.3) is 0 Å². The lowest BCUT2D eigenvalue weighted by atomic mass is 9.92. The van der Waals surface area contributed by atoms with Gasteiger partial charge in [-0.05, 0) is 62.1 Å². The molecule has 1 saturated carbocycles. The van der Waals surface area contributed by atoms with E-state index in [0.29, 0.717) is 18.8 Å². The zero-order chi connectivity index (χ0) is 18.5. The zero-order valence-corrected chi connectivity index (χ0v) is 15.6. The molecule has 0 amide bonds. The van der Waals surface area contributed by atoms with Gasteiger partial charge in [-0.2, -0.15) is 0 Å². The van der Waals surface area contributed by atoms with Crippen LogP contribution in [0.2, 0.25) is 0 Å². The Morgan fingerprint density at radius 1 is 0.963 bits per heavy atom. The highest BCUT2D eigenvalue weighted by Crippen LogP contribution is 2.33. The molecule has 0 saturated heterocycles. The van der Waals surface area contributed by atoms with Crippen molar-refractivity contribution in [2.75, 3.05) is 7.11 Å². The van der Waals surface area contributed by atoms with E-state index in [1.807, 2.05) is 43.6 Å². The second kappa shape index (κ2) is 8.35. The largest absolute Gasteiger partial charge is 0.487 e. The van der Waals surface area contributed by atoms with Crippen LogP contribution in [0.3, 0.4) is 0 Å². The highest BCUT2D eigenvalue weighted by atomic mass is 16.5. The van der Waals surface area contributed by atoms with E-state index < -0.39 is 0 Å². The van der Waals surface area contributed by atoms with Crippen LogP contribution in [0.1, 0.15) is 37.4 Å². The van der Waals surface area contributed by atoms with Crippen LogP contribution in [0.5, 0.6) is 5.75 Å². The minimum Gasteiger partial charge on any atom is -0.487 e. The van der Waals surface area contributed by atoms with Gasteiger partial charge in [-0.15, -0.1) is 0 Å². The Hall–Kier alpha value is -2.66. The van der Waals surface area contributed by atoms with Gasteiger partial charge >= 0.3 is 0 Å². The fourth-order valence-corrected chi connectivity index (χ4v) is 3.73. The summed E-state index contributed by atoms with van der Waals surface area (Å²) in [6.07, 6.45) is 10.7. The predicted octanol–water partition coefficient (Wildman–Crippen LogP) is 4.65. The van der Waals surface area contributed by atoms with Crippen molar-refractivity contribution in [2.45, 2.75) is 44.4 Å². The van der Waals surface area contributed by atoms with Crippen molar-refractivity contribution in [2.24, 2.45) is 0 Å². The third kappa shape index (κ3) is 4.19. The average Bonchev–Trinajstić information content (AvgIpc) is 3.23. The number of hydrogen-bond acceptors (Lipinski definition) is 4. The summed E-state index contributed by atoms with van der Waals surface area (Å²) < 4.78 is 13.6.